The van der Waals surface area contributed by atoms with Gasteiger partial charge in [0.25, 0.3) is 5.69 Å². The lowest BCUT2D eigenvalue weighted by molar-refractivity contribution is -0.384. The summed E-state index contributed by atoms with van der Waals surface area (Å²) < 4.78 is 0. The first-order valence-corrected chi connectivity index (χ1v) is 5.84. The number of carbonyl (C=O) groups excluding carboxylic acids is 1. The SMILES string of the molecule is O=C(Cc1ccc([N+](=O)[O-])cc1)N/N=C\c1ccc[nH]1. The van der Waals surface area contributed by atoms with Gasteiger partial charge in [-0.2, -0.15) is 5.10 Å². The molecule has 0 unspecified atom stereocenters. The highest BCUT2D eigenvalue weighted by atomic mass is 16.6. The molecule has 7 heteroatoms. The highest BCUT2D eigenvalue weighted by Crippen LogP contribution is 2.12. The Hall–Kier alpha value is -2.96. The van der Waals surface area contributed by atoms with E-state index in [0.29, 0.717) is 5.56 Å². The van der Waals surface area contributed by atoms with Crippen molar-refractivity contribution in [1.82, 2.24) is 10.4 Å². The van der Waals surface area contributed by atoms with Crippen molar-refractivity contribution in [2.24, 2.45) is 5.10 Å². The van der Waals surface area contributed by atoms with Crippen LogP contribution in [0.4, 0.5) is 5.69 Å². The number of amides is 1. The molecule has 2 N–H and O–H groups in total. The zero-order valence-electron chi connectivity index (χ0n) is 10.4. The first kappa shape index (κ1) is 13.5. The summed E-state index contributed by atoms with van der Waals surface area (Å²) >= 11 is 0. The quantitative estimate of drug-likeness (QED) is 0.491. The van der Waals surface area contributed by atoms with E-state index >= 15 is 0 Å². The molecule has 0 fully saturated rings. The molecule has 2 aromatic rings. The van der Waals surface area contributed by atoms with Gasteiger partial charge in [0.1, 0.15) is 0 Å². The topological polar surface area (TPSA) is 100 Å². The van der Waals surface area contributed by atoms with Gasteiger partial charge in [-0.1, -0.05) is 12.1 Å². The van der Waals surface area contributed by atoms with Gasteiger partial charge in [0, 0.05) is 18.3 Å². The van der Waals surface area contributed by atoms with Gasteiger partial charge in [0.15, 0.2) is 0 Å². The number of aromatic nitrogens is 1. The number of nitrogens with zero attached hydrogens (tertiary/aromatic N) is 2. The summed E-state index contributed by atoms with van der Waals surface area (Å²) in [6.45, 7) is 0. The molecular formula is C13H12N4O3. The first-order chi connectivity index (χ1) is 9.65. The van der Waals surface area contributed by atoms with Crippen molar-refractivity contribution in [3.8, 4) is 0 Å². The van der Waals surface area contributed by atoms with Crippen LogP contribution in [0.2, 0.25) is 0 Å². The lowest BCUT2D eigenvalue weighted by Crippen LogP contribution is -2.19. The molecule has 0 spiro atoms. The monoisotopic (exact) mass is 272 g/mol. The fourth-order valence-electron chi connectivity index (χ4n) is 1.56. The fourth-order valence-corrected chi connectivity index (χ4v) is 1.56. The number of non-ortho nitro benzene ring substituents is 1. The first-order valence-electron chi connectivity index (χ1n) is 5.84. The largest absolute Gasteiger partial charge is 0.360 e. The Morgan fingerprint density at radius 3 is 2.70 bits per heavy atom. The van der Waals surface area contributed by atoms with Crippen molar-refractivity contribution >= 4 is 17.8 Å². The maximum Gasteiger partial charge on any atom is 0.269 e. The van der Waals surface area contributed by atoms with Crippen molar-refractivity contribution in [2.45, 2.75) is 6.42 Å². The second-order valence-corrected chi connectivity index (χ2v) is 4.02. The summed E-state index contributed by atoms with van der Waals surface area (Å²) in [5.74, 6) is -0.290. The summed E-state index contributed by atoms with van der Waals surface area (Å²) in [7, 11) is 0. The van der Waals surface area contributed by atoms with Gasteiger partial charge in [0.2, 0.25) is 5.91 Å². The Balaban J connectivity index is 1.86. The number of carbonyl (C=O) groups is 1. The number of benzene rings is 1. The Bertz CT molecular complexity index is 618. The van der Waals surface area contributed by atoms with E-state index in [1.54, 1.807) is 18.3 Å². The number of nitro groups is 1. The third-order valence-electron chi connectivity index (χ3n) is 2.53. The van der Waals surface area contributed by atoms with Crippen molar-refractivity contribution in [1.29, 1.82) is 0 Å². The van der Waals surface area contributed by atoms with Gasteiger partial charge >= 0.3 is 0 Å². The smallest absolute Gasteiger partial charge is 0.269 e. The van der Waals surface area contributed by atoms with Crippen LogP contribution in [0.1, 0.15) is 11.3 Å². The van der Waals surface area contributed by atoms with Crippen molar-refractivity contribution in [3.63, 3.8) is 0 Å². The van der Waals surface area contributed by atoms with Gasteiger partial charge in [-0.25, -0.2) is 5.43 Å². The minimum atomic E-state index is -0.482. The van der Waals surface area contributed by atoms with Crippen molar-refractivity contribution in [2.75, 3.05) is 0 Å². The van der Waals surface area contributed by atoms with Crippen LogP contribution >= 0.6 is 0 Å². The third kappa shape index (κ3) is 3.77. The lowest BCUT2D eigenvalue weighted by atomic mass is 10.1. The molecule has 0 aliphatic carbocycles. The molecule has 0 aliphatic rings. The minimum Gasteiger partial charge on any atom is -0.360 e. The van der Waals surface area contributed by atoms with Gasteiger partial charge in [-0.3, -0.25) is 14.9 Å². The molecule has 1 amide bonds. The summed E-state index contributed by atoms with van der Waals surface area (Å²) in [5, 5.41) is 14.3. The number of hydrogen-bond acceptors (Lipinski definition) is 4. The standard InChI is InChI=1S/C13H12N4O3/c18-13(16-15-9-11-2-1-7-14-11)8-10-3-5-12(6-4-10)17(19)20/h1-7,9,14H,8H2,(H,16,18)/b15-9-. The molecule has 2 rings (SSSR count). The molecule has 0 radical (unpaired) electrons. The second kappa shape index (κ2) is 6.28. The number of nitro benzene ring substituents is 1. The molecule has 1 aromatic carbocycles. The number of rotatable bonds is 5. The van der Waals surface area contributed by atoms with Crippen LogP contribution < -0.4 is 5.43 Å². The molecule has 0 saturated heterocycles. The van der Waals surface area contributed by atoms with Crippen LogP contribution in [-0.4, -0.2) is 22.0 Å². The van der Waals surface area contributed by atoms with E-state index in [2.05, 4.69) is 15.5 Å². The molecule has 0 saturated carbocycles. The van der Waals surface area contributed by atoms with Crippen LogP contribution in [0.3, 0.4) is 0 Å². The molecule has 7 nitrogen and oxygen atoms in total. The third-order valence-corrected chi connectivity index (χ3v) is 2.53. The summed E-state index contributed by atoms with van der Waals surface area (Å²) in [5.41, 5.74) is 3.84. The maximum atomic E-state index is 11.6. The molecule has 20 heavy (non-hydrogen) atoms. The highest BCUT2D eigenvalue weighted by Gasteiger charge is 2.06. The van der Waals surface area contributed by atoms with Gasteiger partial charge in [0.05, 0.1) is 23.3 Å². The normalized spacial score (nSPS) is 10.6. The summed E-state index contributed by atoms with van der Waals surface area (Å²) in [4.78, 5) is 24.5. The van der Waals surface area contributed by atoms with Crippen molar-refractivity contribution in [3.05, 3.63) is 64.0 Å². The molecular weight excluding hydrogens is 260 g/mol. The van der Waals surface area contributed by atoms with Gasteiger partial charge in [-0.15, -0.1) is 0 Å². The Kier molecular flexibility index (Phi) is 4.23. The molecule has 0 aliphatic heterocycles. The van der Waals surface area contributed by atoms with E-state index in [1.165, 1.54) is 18.3 Å². The van der Waals surface area contributed by atoms with Crippen LogP contribution in [0.25, 0.3) is 0 Å². The Labute approximate surface area is 114 Å². The van der Waals surface area contributed by atoms with Gasteiger partial charge in [-0.05, 0) is 17.7 Å². The van der Waals surface area contributed by atoms with Crippen molar-refractivity contribution < 1.29 is 9.72 Å². The number of aromatic amines is 1. The molecule has 0 atom stereocenters. The predicted molar refractivity (Wildman–Crippen MR) is 73.3 cm³/mol. The summed E-state index contributed by atoms with van der Waals surface area (Å²) in [6, 6.07) is 9.46. The fraction of sp³-hybridized carbons (Fsp3) is 0.0769. The molecule has 1 aromatic heterocycles. The minimum absolute atomic E-state index is 0.000996. The molecule has 1 heterocycles. The summed E-state index contributed by atoms with van der Waals surface area (Å²) in [6.07, 6.45) is 3.36. The van der Waals surface area contributed by atoms with Gasteiger partial charge < -0.3 is 4.98 Å². The number of hydrogen-bond donors (Lipinski definition) is 2. The average molecular weight is 272 g/mol. The zero-order chi connectivity index (χ0) is 14.4. The predicted octanol–water partition coefficient (Wildman–Crippen LogP) is 1.62. The van der Waals surface area contributed by atoms with Crippen LogP contribution in [0.5, 0.6) is 0 Å². The molecule has 0 bridgehead atoms. The van der Waals surface area contributed by atoms with Crippen LogP contribution in [-0.2, 0) is 11.2 Å². The Morgan fingerprint density at radius 1 is 1.35 bits per heavy atom. The van der Waals surface area contributed by atoms with E-state index in [1.807, 2.05) is 12.1 Å². The van der Waals surface area contributed by atoms with E-state index in [9.17, 15) is 14.9 Å². The second-order valence-electron chi connectivity index (χ2n) is 4.02. The lowest BCUT2D eigenvalue weighted by Gasteiger charge is -2.00. The van der Waals surface area contributed by atoms with E-state index in [0.717, 1.165) is 5.69 Å². The highest BCUT2D eigenvalue weighted by molar-refractivity contribution is 5.82. The average Bonchev–Trinajstić information content (AvgIpc) is 2.92. The Morgan fingerprint density at radius 2 is 2.10 bits per heavy atom. The number of nitrogens with one attached hydrogen (secondary N) is 2. The maximum absolute atomic E-state index is 11.6. The van der Waals surface area contributed by atoms with E-state index in [4.69, 9.17) is 0 Å². The van der Waals surface area contributed by atoms with E-state index in [-0.39, 0.29) is 18.0 Å². The van der Waals surface area contributed by atoms with E-state index < -0.39 is 4.92 Å². The number of H-pyrrole nitrogens is 1. The zero-order valence-corrected chi connectivity index (χ0v) is 10.4. The van der Waals surface area contributed by atoms with Crippen LogP contribution in [0.15, 0.2) is 47.7 Å². The number of hydrazone groups is 1. The van der Waals surface area contributed by atoms with Crippen LogP contribution in [0, 0.1) is 10.1 Å². The molecule has 102 valence electrons.